The molecular weight excluding hydrogens is 382 g/mol. The summed E-state index contributed by atoms with van der Waals surface area (Å²) in [5, 5.41) is 14.6. The van der Waals surface area contributed by atoms with E-state index in [0.29, 0.717) is 31.5 Å². The Labute approximate surface area is 175 Å². The summed E-state index contributed by atoms with van der Waals surface area (Å²) in [6, 6.07) is 17.1. The van der Waals surface area contributed by atoms with Crippen LogP contribution in [0.5, 0.6) is 0 Å². The molecule has 1 aliphatic rings. The van der Waals surface area contributed by atoms with Gasteiger partial charge in [-0.15, -0.1) is 10.2 Å². The van der Waals surface area contributed by atoms with Crippen molar-refractivity contribution in [1.29, 1.82) is 0 Å². The Kier molecular flexibility index (Phi) is 6.36. The smallest absolute Gasteiger partial charge is 0.247 e. The number of anilines is 2. The Bertz CT molecular complexity index is 952. The highest BCUT2D eigenvalue weighted by Gasteiger charge is 2.16. The number of nitrogens with one attached hydrogen (secondary N) is 2. The molecule has 1 unspecified atom stereocenters. The van der Waals surface area contributed by atoms with Crippen LogP contribution in [0.1, 0.15) is 18.9 Å². The number of ether oxygens (including phenoxy) is 1. The quantitative estimate of drug-likeness (QED) is 0.621. The van der Waals surface area contributed by atoms with Gasteiger partial charge in [-0.3, -0.25) is 9.69 Å². The lowest BCUT2D eigenvalue weighted by molar-refractivity contribution is -0.118. The molecule has 0 spiro atoms. The summed E-state index contributed by atoms with van der Waals surface area (Å²) in [7, 11) is 0. The van der Waals surface area contributed by atoms with Crippen LogP contribution in [0.3, 0.4) is 0 Å². The van der Waals surface area contributed by atoms with Crippen molar-refractivity contribution in [3.8, 4) is 11.5 Å². The lowest BCUT2D eigenvalue weighted by Crippen LogP contribution is -2.41. The van der Waals surface area contributed by atoms with Crippen molar-refractivity contribution < 1.29 is 13.9 Å². The van der Waals surface area contributed by atoms with Gasteiger partial charge in [0.15, 0.2) is 0 Å². The van der Waals surface area contributed by atoms with Crippen molar-refractivity contribution in [2.45, 2.75) is 13.0 Å². The summed E-state index contributed by atoms with van der Waals surface area (Å²) < 4.78 is 11.1. The third-order valence-corrected chi connectivity index (χ3v) is 4.85. The lowest BCUT2D eigenvalue weighted by atomic mass is 10.2. The third kappa shape index (κ3) is 5.22. The highest BCUT2D eigenvalue weighted by atomic mass is 16.5. The topological polar surface area (TPSA) is 92.5 Å². The Balaban J connectivity index is 1.31. The molecule has 4 rings (SSSR count). The predicted octanol–water partition coefficient (Wildman–Crippen LogP) is 3.18. The third-order valence-electron chi connectivity index (χ3n) is 4.85. The van der Waals surface area contributed by atoms with Gasteiger partial charge in [0.05, 0.1) is 19.8 Å². The maximum Gasteiger partial charge on any atom is 0.247 e. The second-order valence-electron chi connectivity index (χ2n) is 7.19. The molecule has 1 aliphatic heterocycles. The zero-order chi connectivity index (χ0) is 20.8. The molecule has 0 radical (unpaired) electrons. The standard InChI is InChI=1S/C22H25N5O3/c1-16(21-25-26-22(30-21)17-5-3-2-4-6-17)23-18-7-9-19(10-8-18)24-20(28)15-27-11-13-29-14-12-27/h2-10,16,23H,11-15H2,1H3,(H,24,28). The lowest BCUT2D eigenvalue weighted by Gasteiger charge is -2.25. The average Bonchev–Trinajstić information content (AvgIpc) is 3.27. The van der Waals surface area contributed by atoms with E-state index >= 15 is 0 Å². The monoisotopic (exact) mass is 407 g/mol. The number of morpholine rings is 1. The van der Waals surface area contributed by atoms with E-state index in [4.69, 9.17) is 9.15 Å². The van der Waals surface area contributed by atoms with Crippen LogP contribution in [-0.2, 0) is 9.53 Å². The first kappa shape index (κ1) is 20.1. The van der Waals surface area contributed by atoms with Crippen LogP contribution in [0, 0.1) is 0 Å². The summed E-state index contributed by atoms with van der Waals surface area (Å²) in [5.74, 6) is 0.986. The molecule has 30 heavy (non-hydrogen) atoms. The van der Waals surface area contributed by atoms with Crippen molar-refractivity contribution in [2.24, 2.45) is 0 Å². The van der Waals surface area contributed by atoms with E-state index in [9.17, 15) is 4.79 Å². The van der Waals surface area contributed by atoms with Crippen LogP contribution in [0.25, 0.3) is 11.5 Å². The van der Waals surface area contributed by atoms with Crippen molar-refractivity contribution >= 4 is 17.3 Å². The second kappa shape index (κ2) is 9.51. The van der Waals surface area contributed by atoms with Crippen molar-refractivity contribution in [2.75, 3.05) is 43.5 Å². The summed E-state index contributed by atoms with van der Waals surface area (Å²) in [6.45, 7) is 5.27. The van der Waals surface area contributed by atoms with Crippen molar-refractivity contribution in [3.63, 3.8) is 0 Å². The van der Waals surface area contributed by atoms with Gasteiger partial charge in [0, 0.05) is 30.0 Å². The zero-order valence-electron chi connectivity index (χ0n) is 16.9. The molecule has 3 aromatic rings. The van der Waals surface area contributed by atoms with Gasteiger partial charge in [-0.05, 0) is 43.3 Å². The summed E-state index contributed by atoms with van der Waals surface area (Å²) >= 11 is 0. The number of carbonyl (C=O) groups is 1. The molecule has 0 bridgehead atoms. The second-order valence-corrected chi connectivity index (χ2v) is 7.19. The molecule has 1 fully saturated rings. The molecule has 1 atom stereocenters. The molecule has 2 N–H and O–H groups in total. The first-order valence-corrected chi connectivity index (χ1v) is 10.0. The van der Waals surface area contributed by atoms with Crippen LogP contribution in [0.15, 0.2) is 59.0 Å². The van der Waals surface area contributed by atoms with Crippen molar-refractivity contribution in [3.05, 3.63) is 60.5 Å². The van der Waals surface area contributed by atoms with Crippen LogP contribution in [-0.4, -0.2) is 53.9 Å². The maximum atomic E-state index is 12.2. The molecule has 2 aromatic carbocycles. The fourth-order valence-electron chi connectivity index (χ4n) is 3.23. The largest absolute Gasteiger partial charge is 0.418 e. The van der Waals surface area contributed by atoms with Gasteiger partial charge in [0.2, 0.25) is 17.7 Å². The van der Waals surface area contributed by atoms with Crippen LogP contribution in [0.4, 0.5) is 11.4 Å². The van der Waals surface area contributed by atoms with Crippen molar-refractivity contribution in [1.82, 2.24) is 15.1 Å². The van der Waals surface area contributed by atoms with E-state index in [1.807, 2.05) is 61.5 Å². The summed E-state index contributed by atoms with van der Waals surface area (Å²) in [6.07, 6.45) is 0. The molecule has 156 valence electrons. The minimum Gasteiger partial charge on any atom is -0.418 e. The summed E-state index contributed by atoms with van der Waals surface area (Å²) in [5.41, 5.74) is 2.55. The van der Waals surface area contributed by atoms with E-state index in [1.54, 1.807) is 0 Å². The van der Waals surface area contributed by atoms with Gasteiger partial charge < -0.3 is 19.8 Å². The molecule has 8 nitrogen and oxygen atoms in total. The SMILES string of the molecule is CC(Nc1ccc(NC(=O)CN2CCOCC2)cc1)c1nnc(-c2ccccc2)o1. The van der Waals surface area contributed by atoms with E-state index in [2.05, 4.69) is 25.7 Å². The molecular formula is C22H25N5O3. The molecule has 0 saturated carbocycles. The normalized spacial score (nSPS) is 15.5. The fraction of sp³-hybridized carbons (Fsp3) is 0.318. The zero-order valence-corrected chi connectivity index (χ0v) is 16.9. The number of amides is 1. The molecule has 0 aliphatic carbocycles. The van der Waals surface area contributed by atoms with Gasteiger partial charge >= 0.3 is 0 Å². The number of aromatic nitrogens is 2. The van der Waals surface area contributed by atoms with Gasteiger partial charge in [0.25, 0.3) is 0 Å². The molecule has 1 saturated heterocycles. The Morgan fingerprint density at radius 2 is 1.73 bits per heavy atom. The minimum absolute atomic E-state index is 0.0229. The minimum atomic E-state index is -0.156. The Hall–Kier alpha value is -3.23. The highest BCUT2D eigenvalue weighted by molar-refractivity contribution is 5.92. The van der Waals surface area contributed by atoms with E-state index in [1.165, 1.54) is 0 Å². The van der Waals surface area contributed by atoms with Crippen LogP contribution in [0.2, 0.25) is 0 Å². The molecule has 1 aromatic heterocycles. The first-order chi connectivity index (χ1) is 14.7. The molecule has 8 heteroatoms. The highest BCUT2D eigenvalue weighted by Crippen LogP contribution is 2.23. The van der Waals surface area contributed by atoms with Crippen LogP contribution < -0.4 is 10.6 Å². The van der Waals surface area contributed by atoms with Gasteiger partial charge in [-0.1, -0.05) is 18.2 Å². The van der Waals surface area contributed by atoms with Gasteiger partial charge in [0.1, 0.15) is 6.04 Å². The first-order valence-electron chi connectivity index (χ1n) is 10.0. The Morgan fingerprint density at radius 1 is 1.03 bits per heavy atom. The van der Waals surface area contributed by atoms with Gasteiger partial charge in [-0.25, -0.2) is 0 Å². The number of nitrogens with zero attached hydrogens (tertiary/aromatic N) is 3. The number of carbonyl (C=O) groups excluding carboxylic acids is 1. The number of hydrogen-bond donors (Lipinski definition) is 2. The Morgan fingerprint density at radius 3 is 2.47 bits per heavy atom. The van der Waals surface area contributed by atoms with Gasteiger partial charge in [-0.2, -0.15) is 0 Å². The van der Waals surface area contributed by atoms with Crippen LogP contribution >= 0.6 is 0 Å². The van der Waals surface area contributed by atoms with E-state index in [0.717, 1.165) is 30.0 Å². The van der Waals surface area contributed by atoms with E-state index < -0.39 is 0 Å². The fourth-order valence-corrected chi connectivity index (χ4v) is 3.23. The molecule has 1 amide bonds. The predicted molar refractivity (Wildman–Crippen MR) is 114 cm³/mol. The number of benzene rings is 2. The average molecular weight is 407 g/mol. The van der Waals surface area contributed by atoms with E-state index in [-0.39, 0.29) is 11.9 Å². The summed E-state index contributed by atoms with van der Waals surface area (Å²) in [4.78, 5) is 14.3. The molecule has 2 heterocycles. The maximum absolute atomic E-state index is 12.2. The number of rotatable bonds is 7. The number of hydrogen-bond acceptors (Lipinski definition) is 7.